The highest BCUT2D eigenvalue weighted by Crippen LogP contribution is 2.65. The second-order valence-electron chi connectivity index (χ2n) is 9.89. The van der Waals surface area contributed by atoms with Crippen molar-refractivity contribution in [1.29, 1.82) is 0 Å². The number of rotatable bonds is 2. The molecule has 3 saturated heterocycles. The zero-order chi connectivity index (χ0) is 20.2. The van der Waals surface area contributed by atoms with E-state index >= 15 is 0 Å². The smallest absolute Gasteiger partial charge is 0.229 e. The zero-order valence-electron chi connectivity index (χ0n) is 17.3. The lowest BCUT2D eigenvalue weighted by atomic mass is 9.53. The van der Waals surface area contributed by atoms with Crippen LogP contribution in [-0.4, -0.2) is 54.6 Å². The van der Waals surface area contributed by atoms with Crippen LogP contribution in [0.25, 0.3) is 0 Å². The van der Waals surface area contributed by atoms with Gasteiger partial charge in [0.2, 0.25) is 11.8 Å². The molecule has 1 aromatic carbocycles. The molecule has 2 amide bonds. The van der Waals surface area contributed by atoms with E-state index in [0.29, 0.717) is 37.3 Å². The van der Waals surface area contributed by atoms with Crippen LogP contribution in [0.1, 0.15) is 38.2 Å². The summed E-state index contributed by atoms with van der Waals surface area (Å²) in [6, 6.07) is 6.86. The van der Waals surface area contributed by atoms with Gasteiger partial charge in [0, 0.05) is 41.7 Å². The highest BCUT2D eigenvalue weighted by Gasteiger charge is 2.71. The van der Waals surface area contributed by atoms with E-state index < -0.39 is 0 Å². The maximum Gasteiger partial charge on any atom is 0.229 e. The fourth-order valence-corrected chi connectivity index (χ4v) is 7.88. The lowest BCUT2D eigenvalue weighted by Crippen LogP contribution is -2.69. The van der Waals surface area contributed by atoms with Crippen molar-refractivity contribution in [2.75, 3.05) is 29.9 Å². The molecular formula is C24H27N3O3. The van der Waals surface area contributed by atoms with Gasteiger partial charge < -0.3 is 15.0 Å². The van der Waals surface area contributed by atoms with Gasteiger partial charge in [0.15, 0.2) is 0 Å². The Morgan fingerprint density at radius 3 is 3.13 bits per heavy atom. The molecule has 6 nitrogen and oxygen atoms in total. The molecule has 30 heavy (non-hydrogen) atoms. The van der Waals surface area contributed by atoms with Gasteiger partial charge in [-0.25, -0.2) is 0 Å². The minimum Gasteiger partial charge on any atom is -0.373 e. The number of carbonyl (C=O) groups is 2. The summed E-state index contributed by atoms with van der Waals surface area (Å²) < 4.78 is 6.28. The van der Waals surface area contributed by atoms with Crippen molar-refractivity contribution in [3.05, 3.63) is 35.4 Å². The number of hydrogen-bond donors (Lipinski definition) is 1. The Bertz CT molecular complexity index is 1020. The molecule has 1 spiro atoms. The first-order chi connectivity index (χ1) is 14.6. The monoisotopic (exact) mass is 405 g/mol. The van der Waals surface area contributed by atoms with Gasteiger partial charge in [-0.05, 0) is 49.1 Å². The van der Waals surface area contributed by atoms with Gasteiger partial charge in [0.1, 0.15) is 0 Å². The molecule has 1 saturated carbocycles. The Morgan fingerprint density at radius 2 is 2.27 bits per heavy atom. The number of anilines is 2. The Kier molecular flexibility index (Phi) is 3.35. The predicted octanol–water partition coefficient (Wildman–Crippen LogP) is 2.44. The largest absolute Gasteiger partial charge is 0.373 e. The lowest BCUT2D eigenvalue weighted by Gasteiger charge is -2.58. The number of ether oxygens (including phenoxy) is 1. The molecule has 7 rings (SSSR count). The van der Waals surface area contributed by atoms with Crippen LogP contribution in [0, 0.1) is 11.8 Å². The fourth-order valence-electron chi connectivity index (χ4n) is 7.88. The van der Waals surface area contributed by atoms with Gasteiger partial charge in [-0.2, -0.15) is 0 Å². The molecule has 5 aliphatic heterocycles. The molecule has 1 unspecified atom stereocenters. The summed E-state index contributed by atoms with van der Waals surface area (Å²) in [5.74, 6) is 1.13. The fraction of sp³-hybridized carbons (Fsp3) is 0.583. The molecule has 0 radical (unpaired) electrons. The minimum atomic E-state index is -0.0446. The van der Waals surface area contributed by atoms with Crippen LogP contribution in [0.3, 0.4) is 0 Å². The molecule has 2 bridgehead atoms. The first kappa shape index (κ1) is 17.5. The summed E-state index contributed by atoms with van der Waals surface area (Å²) in [4.78, 5) is 30.3. The average Bonchev–Trinajstić information content (AvgIpc) is 3.21. The zero-order valence-corrected chi connectivity index (χ0v) is 17.3. The van der Waals surface area contributed by atoms with Gasteiger partial charge in [0.25, 0.3) is 0 Å². The lowest BCUT2D eigenvalue weighted by molar-refractivity contribution is -0.132. The number of carbonyl (C=O) groups excluding carboxylic acids is 2. The number of nitrogens with one attached hydrogen (secondary N) is 1. The van der Waals surface area contributed by atoms with Crippen LogP contribution in [0.4, 0.5) is 11.4 Å². The standard InChI is InChI=1S/C24H27N3O3/c1-2-20(28)25-14-3-4-17-16(9-14)24-6-7-26-12-13-5-8-30-18-11-21(29)27(17)23(24)22(18)15(13)10-19(24)26/h3-5,9,15,18-19,22-23H,2,6-8,10-12H2,1H3,(H,25,28)/t15-,18-,19-,22-,23-,24?/m0/s1. The number of nitrogens with zero attached hydrogens (tertiary/aromatic N) is 2. The summed E-state index contributed by atoms with van der Waals surface area (Å²) in [7, 11) is 0. The third-order valence-corrected chi connectivity index (χ3v) is 8.91. The normalized spacial score (nSPS) is 40.0. The summed E-state index contributed by atoms with van der Waals surface area (Å²) >= 11 is 0. The number of fused-ring (bicyclic) bond motifs is 2. The number of benzene rings is 1. The van der Waals surface area contributed by atoms with Crippen molar-refractivity contribution in [3.63, 3.8) is 0 Å². The first-order valence-corrected chi connectivity index (χ1v) is 11.4. The van der Waals surface area contributed by atoms with Crippen LogP contribution in [0.15, 0.2) is 29.8 Å². The Balaban J connectivity index is 1.44. The Morgan fingerprint density at radius 1 is 1.37 bits per heavy atom. The van der Waals surface area contributed by atoms with E-state index in [9.17, 15) is 9.59 Å². The molecule has 1 aromatic rings. The van der Waals surface area contributed by atoms with Crippen molar-refractivity contribution < 1.29 is 14.3 Å². The minimum absolute atomic E-state index is 0.0241. The highest BCUT2D eigenvalue weighted by molar-refractivity contribution is 6.00. The Hall–Kier alpha value is -2.18. The second-order valence-corrected chi connectivity index (χ2v) is 9.89. The quantitative estimate of drug-likeness (QED) is 0.768. The van der Waals surface area contributed by atoms with Crippen molar-refractivity contribution in [1.82, 2.24) is 4.90 Å². The SMILES string of the molecule is CCC(=O)Nc1ccc2c(c1)C13CCN4CC5=CCO[C@H]6CC(=O)N2[C@H]1[C@H]6[C@H]5C[C@H]43. The summed E-state index contributed by atoms with van der Waals surface area (Å²) in [6.45, 7) is 4.64. The van der Waals surface area contributed by atoms with Gasteiger partial charge in [-0.1, -0.05) is 18.6 Å². The molecule has 6 heteroatoms. The summed E-state index contributed by atoms with van der Waals surface area (Å²) in [6.07, 6.45) is 5.52. The van der Waals surface area contributed by atoms with Gasteiger partial charge >= 0.3 is 0 Å². The molecule has 5 heterocycles. The van der Waals surface area contributed by atoms with Crippen LogP contribution < -0.4 is 10.2 Å². The first-order valence-electron chi connectivity index (χ1n) is 11.4. The van der Waals surface area contributed by atoms with E-state index in [1.165, 1.54) is 17.6 Å². The molecule has 0 aromatic heterocycles. The number of hydrogen-bond acceptors (Lipinski definition) is 4. The third-order valence-electron chi connectivity index (χ3n) is 8.91. The van der Waals surface area contributed by atoms with Gasteiger partial charge in [0.05, 0.1) is 25.2 Å². The molecule has 156 valence electrons. The second kappa shape index (κ2) is 5.74. The molecule has 6 aliphatic rings. The van der Waals surface area contributed by atoms with E-state index in [1.807, 2.05) is 13.0 Å². The maximum absolute atomic E-state index is 13.4. The third kappa shape index (κ3) is 1.93. The van der Waals surface area contributed by atoms with E-state index in [4.69, 9.17) is 4.74 Å². The van der Waals surface area contributed by atoms with E-state index in [0.717, 1.165) is 30.9 Å². The molecule has 1 N–H and O–H groups in total. The van der Waals surface area contributed by atoms with Crippen molar-refractivity contribution >= 4 is 23.2 Å². The van der Waals surface area contributed by atoms with Gasteiger partial charge in [-0.3, -0.25) is 14.5 Å². The van der Waals surface area contributed by atoms with E-state index in [2.05, 4.69) is 33.3 Å². The summed E-state index contributed by atoms with van der Waals surface area (Å²) in [5.41, 5.74) is 4.69. The van der Waals surface area contributed by atoms with Crippen molar-refractivity contribution in [2.24, 2.45) is 11.8 Å². The predicted molar refractivity (Wildman–Crippen MR) is 112 cm³/mol. The van der Waals surface area contributed by atoms with Crippen LogP contribution in [0.2, 0.25) is 0 Å². The van der Waals surface area contributed by atoms with E-state index in [-0.39, 0.29) is 29.4 Å². The summed E-state index contributed by atoms with van der Waals surface area (Å²) in [5, 5.41) is 3.05. The van der Waals surface area contributed by atoms with Crippen LogP contribution >= 0.6 is 0 Å². The highest BCUT2D eigenvalue weighted by atomic mass is 16.5. The average molecular weight is 405 g/mol. The van der Waals surface area contributed by atoms with Crippen molar-refractivity contribution in [2.45, 2.75) is 56.2 Å². The Labute approximate surface area is 176 Å². The molecule has 1 aliphatic carbocycles. The van der Waals surface area contributed by atoms with Crippen molar-refractivity contribution in [3.8, 4) is 0 Å². The maximum atomic E-state index is 13.4. The van der Waals surface area contributed by atoms with E-state index in [1.54, 1.807) is 0 Å². The van der Waals surface area contributed by atoms with Crippen LogP contribution in [0.5, 0.6) is 0 Å². The van der Waals surface area contributed by atoms with Crippen LogP contribution in [-0.2, 0) is 19.7 Å². The number of amides is 2. The topological polar surface area (TPSA) is 61.9 Å². The number of piperidine rings is 2. The molecular weight excluding hydrogens is 378 g/mol. The molecule has 6 atom stereocenters. The molecule has 4 fully saturated rings. The van der Waals surface area contributed by atoms with Gasteiger partial charge in [-0.15, -0.1) is 0 Å².